The Balaban J connectivity index is 1.78. The van der Waals surface area contributed by atoms with E-state index in [1.165, 1.54) is 51.7 Å². The SMILES string of the molecule is CCCC(c1cccs1)N1CCCNC(C)(C2CC2)C1. The third kappa shape index (κ3) is 3.10. The molecule has 20 heavy (non-hydrogen) atoms. The Morgan fingerprint density at radius 2 is 2.35 bits per heavy atom. The Kier molecular flexibility index (Phi) is 4.49. The zero-order valence-corrected chi connectivity index (χ0v) is 13.7. The van der Waals surface area contributed by atoms with Crippen LogP contribution in [0.15, 0.2) is 17.5 Å². The molecule has 0 spiro atoms. The molecule has 0 bridgehead atoms. The smallest absolute Gasteiger partial charge is 0.0442 e. The number of hydrogen-bond donors (Lipinski definition) is 1. The first-order valence-corrected chi connectivity index (χ1v) is 9.13. The number of nitrogens with zero attached hydrogens (tertiary/aromatic N) is 1. The van der Waals surface area contributed by atoms with E-state index in [0.29, 0.717) is 11.6 Å². The van der Waals surface area contributed by atoms with Crippen LogP contribution in [0.3, 0.4) is 0 Å². The minimum atomic E-state index is 0.347. The van der Waals surface area contributed by atoms with Gasteiger partial charge in [-0.05, 0) is 56.5 Å². The Morgan fingerprint density at radius 1 is 1.50 bits per heavy atom. The molecule has 1 saturated carbocycles. The molecule has 0 amide bonds. The predicted molar refractivity (Wildman–Crippen MR) is 87.3 cm³/mol. The third-order valence-corrected chi connectivity index (χ3v) is 6.01. The van der Waals surface area contributed by atoms with Crippen LogP contribution < -0.4 is 5.32 Å². The fourth-order valence-electron chi connectivity index (χ4n) is 3.73. The van der Waals surface area contributed by atoms with E-state index in [0.717, 1.165) is 5.92 Å². The average molecular weight is 292 g/mol. The number of rotatable bonds is 5. The van der Waals surface area contributed by atoms with Crippen LogP contribution in [-0.4, -0.2) is 30.1 Å². The first-order chi connectivity index (χ1) is 9.73. The van der Waals surface area contributed by atoms with Crippen LogP contribution in [-0.2, 0) is 0 Å². The lowest BCUT2D eigenvalue weighted by atomic mass is 9.94. The van der Waals surface area contributed by atoms with Crippen molar-refractivity contribution in [3.63, 3.8) is 0 Å². The van der Waals surface area contributed by atoms with Crippen molar-refractivity contribution < 1.29 is 0 Å². The predicted octanol–water partition coefficient (Wildman–Crippen LogP) is 4.05. The van der Waals surface area contributed by atoms with E-state index in [1.54, 1.807) is 4.88 Å². The third-order valence-electron chi connectivity index (χ3n) is 5.04. The summed E-state index contributed by atoms with van der Waals surface area (Å²) in [6, 6.07) is 5.18. The molecular formula is C17H28N2S. The van der Waals surface area contributed by atoms with Crippen molar-refractivity contribution in [2.45, 2.75) is 57.5 Å². The normalized spacial score (nSPS) is 30.1. The van der Waals surface area contributed by atoms with Crippen LogP contribution in [0, 0.1) is 5.92 Å². The van der Waals surface area contributed by atoms with Crippen molar-refractivity contribution in [1.82, 2.24) is 10.2 Å². The fraction of sp³-hybridized carbons (Fsp3) is 0.765. The topological polar surface area (TPSA) is 15.3 Å². The molecule has 3 rings (SSSR count). The summed E-state index contributed by atoms with van der Waals surface area (Å²) >= 11 is 1.93. The van der Waals surface area contributed by atoms with Gasteiger partial charge in [0.15, 0.2) is 0 Å². The van der Waals surface area contributed by atoms with E-state index in [9.17, 15) is 0 Å². The highest BCUT2D eigenvalue weighted by molar-refractivity contribution is 7.10. The molecule has 1 aliphatic heterocycles. The van der Waals surface area contributed by atoms with Gasteiger partial charge in [-0.15, -0.1) is 11.3 Å². The van der Waals surface area contributed by atoms with Gasteiger partial charge in [0.05, 0.1) is 0 Å². The van der Waals surface area contributed by atoms with Crippen molar-refractivity contribution >= 4 is 11.3 Å². The highest BCUT2D eigenvalue weighted by atomic mass is 32.1. The van der Waals surface area contributed by atoms with Gasteiger partial charge in [-0.3, -0.25) is 4.90 Å². The lowest BCUT2D eigenvalue weighted by Gasteiger charge is -2.37. The monoisotopic (exact) mass is 292 g/mol. The number of nitrogens with one attached hydrogen (secondary N) is 1. The van der Waals surface area contributed by atoms with Gasteiger partial charge in [0, 0.05) is 29.5 Å². The molecule has 2 nitrogen and oxygen atoms in total. The maximum absolute atomic E-state index is 3.85. The molecular weight excluding hydrogens is 264 g/mol. The summed E-state index contributed by atoms with van der Waals surface area (Å²) in [7, 11) is 0. The summed E-state index contributed by atoms with van der Waals surface area (Å²) in [4.78, 5) is 4.33. The van der Waals surface area contributed by atoms with Gasteiger partial charge in [-0.2, -0.15) is 0 Å². The second-order valence-electron chi connectivity index (χ2n) is 6.76. The molecule has 2 fully saturated rings. The summed E-state index contributed by atoms with van der Waals surface area (Å²) in [5.74, 6) is 0.911. The lowest BCUT2D eigenvalue weighted by molar-refractivity contribution is 0.145. The summed E-state index contributed by atoms with van der Waals surface area (Å²) in [5, 5.41) is 6.08. The van der Waals surface area contributed by atoms with Gasteiger partial charge in [0.25, 0.3) is 0 Å². The quantitative estimate of drug-likeness (QED) is 0.880. The van der Waals surface area contributed by atoms with Crippen LogP contribution in [0.4, 0.5) is 0 Å². The molecule has 3 heteroatoms. The van der Waals surface area contributed by atoms with Crippen LogP contribution >= 0.6 is 11.3 Å². The minimum absolute atomic E-state index is 0.347. The van der Waals surface area contributed by atoms with Crippen molar-refractivity contribution in [3.8, 4) is 0 Å². The highest BCUT2D eigenvalue weighted by Gasteiger charge is 2.43. The van der Waals surface area contributed by atoms with Crippen molar-refractivity contribution in [3.05, 3.63) is 22.4 Å². The van der Waals surface area contributed by atoms with Gasteiger partial charge in [-0.1, -0.05) is 19.4 Å². The zero-order chi connectivity index (χ0) is 14.0. The molecule has 2 atom stereocenters. The van der Waals surface area contributed by atoms with E-state index in [-0.39, 0.29) is 0 Å². The molecule has 2 unspecified atom stereocenters. The first kappa shape index (κ1) is 14.6. The molecule has 1 aromatic heterocycles. The average Bonchev–Trinajstić information content (AvgIpc) is 3.20. The highest BCUT2D eigenvalue weighted by Crippen LogP contribution is 2.42. The Morgan fingerprint density at radius 3 is 3.00 bits per heavy atom. The minimum Gasteiger partial charge on any atom is -0.310 e. The lowest BCUT2D eigenvalue weighted by Crippen LogP contribution is -2.51. The largest absolute Gasteiger partial charge is 0.310 e. The maximum atomic E-state index is 3.85. The molecule has 2 aliphatic rings. The Labute approximate surface area is 127 Å². The second-order valence-corrected chi connectivity index (χ2v) is 7.74. The summed E-state index contributed by atoms with van der Waals surface area (Å²) in [5.41, 5.74) is 0.347. The van der Waals surface area contributed by atoms with Gasteiger partial charge in [-0.25, -0.2) is 0 Å². The Bertz CT molecular complexity index is 413. The number of hydrogen-bond acceptors (Lipinski definition) is 3. The molecule has 112 valence electrons. The summed E-state index contributed by atoms with van der Waals surface area (Å²) in [6.45, 7) is 8.43. The zero-order valence-electron chi connectivity index (χ0n) is 12.9. The van der Waals surface area contributed by atoms with Gasteiger partial charge >= 0.3 is 0 Å². The van der Waals surface area contributed by atoms with Crippen molar-refractivity contribution in [1.29, 1.82) is 0 Å². The maximum Gasteiger partial charge on any atom is 0.0442 e. The molecule has 1 N–H and O–H groups in total. The molecule has 0 aromatic carbocycles. The van der Waals surface area contributed by atoms with Gasteiger partial charge < -0.3 is 5.32 Å². The molecule has 1 aliphatic carbocycles. The van der Waals surface area contributed by atoms with E-state index in [4.69, 9.17) is 0 Å². The van der Waals surface area contributed by atoms with Crippen LogP contribution in [0.5, 0.6) is 0 Å². The van der Waals surface area contributed by atoms with Crippen LogP contribution in [0.2, 0.25) is 0 Å². The summed E-state index contributed by atoms with van der Waals surface area (Å²) < 4.78 is 0. The Hall–Kier alpha value is -0.380. The fourth-order valence-corrected chi connectivity index (χ4v) is 4.63. The van der Waals surface area contributed by atoms with Gasteiger partial charge in [0.1, 0.15) is 0 Å². The van der Waals surface area contributed by atoms with E-state index in [2.05, 4.69) is 41.6 Å². The standard InChI is InChI=1S/C17H28N2S/c1-3-6-15(16-7-4-12-20-16)19-11-5-10-18-17(2,13-19)14-8-9-14/h4,7,12,14-15,18H,3,5-6,8-11,13H2,1-2H3. The van der Waals surface area contributed by atoms with E-state index >= 15 is 0 Å². The van der Waals surface area contributed by atoms with E-state index < -0.39 is 0 Å². The second kappa shape index (κ2) is 6.17. The van der Waals surface area contributed by atoms with Crippen molar-refractivity contribution in [2.24, 2.45) is 5.92 Å². The van der Waals surface area contributed by atoms with Crippen LogP contribution in [0.25, 0.3) is 0 Å². The molecule has 0 radical (unpaired) electrons. The summed E-state index contributed by atoms with van der Waals surface area (Å²) in [6.07, 6.45) is 6.70. The van der Waals surface area contributed by atoms with Crippen LogP contribution in [0.1, 0.15) is 56.9 Å². The van der Waals surface area contributed by atoms with Crippen molar-refractivity contribution in [2.75, 3.05) is 19.6 Å². The van der Waals surface area contributed by atoms with Gasteiger partial charge in [0.2, 0.25) is 0 Å². The number of thiophene rings is 1. The van der Waals surface area contributed by atoms with E-state index in [1.807, 2.05) is 11.3 Å². The molecule has 2 heterocycles. The first-order valence-electron chi connectivity index (χ1n) is 8.25. The molecule has 1 aromatic rings. The molecule has 1 saturated heterocycles.